The van der Waals surface area contributed by atoms with Crippen LogP contribution in [0.4, 0.5) is 0 Å². The van der Waals surface area contributed by atoms with Gasteiger partial charge in [0.05, 0.1) is 5.75 Å². The molecule has 0 spiro atoms. The molecule has 24 heavy (non-hydrogen) atoms. The van der Waals surface area contributed by atoms with Gasteiger partial charge in [-0.3, -0.25) is 14.3 Å². The number of pyridine rings is 1. The third kappa shape index (κ3) is 3.10. The van der Waals surface area contributed by atoms with Gasteiger partial charge in [-0.05, 0) is 25.0 Å². The number of carbonyl (C=O) groups is 1. The average molecular weight is 336 g/mol. The fourth-order valence-electron chi connectivity index (χ4n) is 2.57. The van der Waals surface area contributed by atoms with Gasteiger partial charge in [-0.25, -0.2) is 0 Å². The Morgan fingerprint density at radius 3 is 2.54 bits per heavy atom. The molecule has 1 aliphatic rings. The Hall–Kier alpha value is -2.47. The zero-order valence-electron chi connectivity index (χ0n) is 13.0. The summed E-state index contributed by atoms with van der Waals surface area (Å²) in [6.45, 7) is 0. The molecule has 0 bridgehead atoms. The molecule has 0 unspecified atom stereocenters. The minimum atomic E-state index is 0.108. The molecule has 4 rings (SSSR count). The number of hydrogen-bond donors (Lipinski definition) is 0. The van der Waals surface area contributed by atoms with E-state index in [0.717, 1.165) is 34.9 Å². The zero-order valence-corrected chi connectivity index (χ0v) is 13.8. The van der Waals surface area contributed by atoms with E-state index < -0.39 is 0 Å². The molecule has 0 aliphatic heterocycles. The van der Waals surface area contributed by atoms with Crippen LogP contribution in [0.25, 0.3) is 11.4 Å². The maximum atomic E-state index is 12.3. The fraction of sp³-hybridized carbons (Fsp3) is 0.222. The average Bonchev–Trinajstić information content (AvgIpc) is 3.40. The lowest BCUT2D eigenvalue weighted by Gasteiger charge is -2.08. The van der Waals surface area contributed by atoms with E-state index in [0.29, 0.717) is 11.8 Å². The number of nitrogens with zero attached hydrogens (tertiary/aromatic N) is 4. The van der Waals surface area contributed by atoms with Crippen LogP contribution in [-0.4, -0.2) is 31.3 Å². The number of benzene rings is 1. The van der Waals surface area contributed by atoms with E-state index in [2.05, 4.69) is 19.7 Å². The normalized spacial score (nSPS) is 13.8. The number of ketones is 1. The van der Waals surface area contributed by atoms with Crippen LogP contribution in [0.1, 0.15) is 29.2 Å². The minimum absolute atomic E-state index is 0.108. The van der Waals surface area contributed by atoms with Crippen molar-refractivity contribution in [3.8, 4) is 11.4 Å². The Balaban J connectivity index is 1.56. The Kier molecular flexibility index (Phi) is 4.13. The second-order valence-electron chi connectivity index (χ2n) is 5.72. The molecule has 0 saturated heterocycles. The predicted octanol–water partition coefficient (Wildman–Crippen LogP) is 3.65. The first kappa shape index (κ1) is 15.1. The molecule has 1 fully saturated rings. The third-order valence-corrected chi connectivity index (χ3v) is 4.89. The van der Waals surface area contributed by atoms with Gasteiger partial charge < -0.3 is 0 Å². The molecule has 2 heterocycles. The molecule has 1 aromatic carbocycles. The van der Waals surface area contributed by atoms with Gasteiger partial charge in [0, 0.05) is 29.6 Å². The molecule has 1 aliphatic carbocycles. The van der Waals surface area contributed by atoms with E-state index in [9.17, 15) is 4.79 Å². The van der Waals surface area contributed by atoms with Crippen molar-refractivity contribution >= 4 is 17.5 Å². The van der Waals surface area contributed by atoms with Crippen molar-refractivity contribution in [2.45, 2.75) is 24.0 Å². The van der Waals surface area contributed by atoms with Crippen LogP contribution in [0.2, 0.25) is 0 Å². The van der Waals surface area contributed by atoms with Crippen molar-refractivity contribution in [2.24, 2.45) is 0 Å². The lowest BCUT2D eigenvalue weighted by atomic mass is 10.2. The quantitative estimate of drug-likeness (QED) is 0.508. The predicted molar refractivity (Wildman–Crippen MR) is 93.0 cm³/mol. The summed E-state index contributed by atoms with van der Waals surface area (Å²) in [5, 5.41) is 9.49. The first-order valence-electron chi connectivity index (χ1n) is 7.89. The molecule has 6 heteroatoms. The van der Waals surface area contributed by atoms with Crippen molar-refractivity contribution in [1.29, 1.82) is 0 Å². The van der Waals surface area contributed by atoms with Gasteiger partial charge in [-0.2, -0.15) is 0 Å². The second-order valence-corrected chi connectivity index (χ2v) is 6.66. The van der Waals surface area contributed by atoms with E-state index in [1.165, 1.54) is 11.8 Å². The van der Waals surface area contributed by atoms with Gasteiger partial charge in [0.2, 0.25) is 0 Å². The summed E-state index contributed by atoms with van der Waals surface area (Å²) in [6, 6.07) is 13.7. The maximum Gasteiger partial charge on any atom is 0.192 e. The highest BCUT2D eigenvalue weighted by molar-refractivity contribution is 7.99. The Labute approximate surface area is 144 Å². The molecule has 0 atom stereocenters. The van der Waals surface area contributed by atoms with E-state index in [1.54, 1.807) is 12.4 Å². The summed E-state index contributed by atoms with van der Waals surface area (Å²) in [5.74, 6) is 1.33. The molecular weight excluding hydrogens is 320 g/mol. The first-order valence-corrected chi connectivity index (χ1v) is 8.88. The summed E-state index contributed by atoms with van der Waals surface area (Å²) < 4.78 is 2.16. The van der Waals surface area contributed by atoms with Crippen molar-refractivity contribution in [3.63, 3.8) is 0 Å². The topological polar surface area (TPSA) is 60.7 Å². The van der Waals surface area contributed by atoms with Gasteiger partial charge >= 0.3 is 0 Å². The Bertz CT molecular complexity index is 844. The smallest absolute Gasteiger partial charge is 0.192 e. The summed E-state index contributed by atoms with van der Waals surface area (Å²) in [6.07, 6.45) is 5.78. The molecule has 120 valence electrons. The number of rotatable bonds is 6. The maximum absolute atomic E-state index is 12.3. The number of thioether (sulfide) groups is 1. The van der Waals surface area contributed by atoms with E-state index >= 15 is 0 Å². The number of hydrogen-bond acceptors (Lipinski definition) is 5. The van der Waals surface area contributed by atoms with Gasteiger partial charge in [-0.15, -0.1) is 10.2 Å². The van der Waals surface area contributed by atoms with Crippen LogP contribution in [0.5, 0.6) is 0 Å². The van der Waals surface area contributed by atoms with E-state index in [1.807, 2.05) is 42.5 Å². The van der Waals surface area contributed by atoms with E-state index in [4.69, 9.17) is 0 Å². The van der Waals surface area contributed by atoms with Crippen molar-refractivity contribution in [1.82, 2.24) is 19.7 Å². The number of aromatic nitrogens is 4. The van der Waals surface area contributed by atoms with Crippen LogP contribution in [0.15, 0.2) is 60.0 Å². The van der Waals surface area contributed by atoms with Gasteiger partial charge in [0.15, 0.2) is 16.8 Å². The van der Waals surface area contributed by atoms with Crippen LogP contribution in [-0.2, 0) is 0 Å². The van der Waals surface area contributed by atoms with Gasteiger partial charge in [0.1, 0.15) is 0 Å². The summed E-state index contributed by atoms with van der Waals surface area (Å²) in [7, 11) is 0. The molecule has 1 saturated carbocycles. The number of Topliss-reactive ketones (excluding diaryl/α,β-unsaturated/α-hetero) is 1. The lowest BCUT2D eigenvalue weighted by molar-refractivity contribution is 0.102. The molecule has 2 aromatic heterocycles. The van der Waals surface area contributed by atoms with E-state index in [-0.39, 0.29) is 5.78 Å². The number of carbonyl (C=O) groups excluding carboxylic acids is 1. The Morgan fingerprint density at radius 2 is 1.83 bits per heavy atom. The van der Waals surface area contributed by atoms with Crippen molar-refractivity contribution in [2.75, 3.05) is 5.75 Å². The minimum Gasteiger partial charge on any atom is -0.299 e. The lowest BCUT2D eigenvalue weighted by Crippen LogP contribution is -2.05. The standard InChI is InChI=1S/C18H16N4OS/c23-16(13-4-2-1-3-5-13)12-24-18-21-20-17(22(18)15-6-7-15)14-8-10-19-11-9-14/h1-5,8-11,15H,6-7,12H2. The zero-order chi connectivity index (χ0) is 16.4. The molecular formula is C18H16N4OS. The summed E-state index contributed by atoms with van der Waals surface area (Å²) in [5.41, 5.74) is 1.74. The highest BCUT2D eigenvalue weighted by atomic mass is 32.2. The van der Waals surface area contributed by atoms with Crippen molar-refractivity contribution in [3.05, 3.63) is 60.4 Å². The Morgan fingerprint density at radius 1 is 1.08 bits per heavy atom. The van der Waals surface area contributed by atoms with Gasteiger partial charge in [-0.1, -0.05) is 42.1 Å². The highest BCUT2D eigenvalue weighted by Crippen LogP contribution is 2.41. The highest BCUT2D eigenvalue weighted by Gasteiger charge is 2.30. The monoisotopic (exact) mass is 336 g/mol. The largest absolute Gasteiger partial charge is 0.299 e. The van der Waals surface area contributed by atoms with Gasteiger partial charge in [0.25, 0.3) is 0 Å². The van der Waals surface area contributed by atoms with Crippen LogP contribution >= 0.6 is 11.8 Å². The van der Waals surface area contributed by atoms with Crippen LogP contribution in [0, 0.1) is 0 Å². The molecule has 0 N–H and O–H groups in total. The van der Waals surface area contributed by atoms with Crippen LogP contribution < -0.4 is 0 Å². The van der Waals surface area contributed by atoms with Crippen LogP contribution in [0.3, 0.4) is 0 Å². The fourth-order valence-corrected chi connectivity index (χ4v) is 3.47. The molecule has 0 amide bonds. The summed E-state index contributed by atoms with van der Waals surface area (Å²) >= 11 is 1.46. The first-order chi connectivity index (χ1) is 11.8. The second kappa shape index (κ2) is 6.57. The summed E-state index contributed by atoms with van der Waals surface area (Å²) in [4.78, 5) is 16.4. The third-order valence-electron chi connectivity index (χ3n) is 3.94. The van der Waals surface area contributed by atoms with Crippen molar-refractivity contribution < 1.29 is 4.79 Å². The molecule has 5 nitrogen and oxygen atoms in total. The molecule has 0 radical (unpaired) electrons. The molecule has 3 aromatic rings. The SMILES string of the molecule is O=C(CSc1nnc(-c2ccncc2)n1C1CC1)c1ccccc1.